The summed E-state index contributed by atoms with van der Waals surface area (Å²) < 4.78 is 1.82. The summed E-state index contributed by atoms with van der Waals surface area (Å²) in [5.41, 5.74) is 0.870. The Labute approximate surface area is 126 Å². The minimum absolute atomic E-state index is 0.0376. The number of thioether (sulfide) groups is 1. The number of aromatic nitrogens is 3. The molecule has 20 heavy (non-hydrogen) atoms. The van der Waals surface area contributed by atoms with E-state index < -0.39 is 0 Å². The fraction of sp³-hybridized carbons (Fsp3) is 0.308. The lowest BCUT2D eigenvalue weighted by Crippen LogP contribution is -2.29. The fourth-order valence-corrected chi connectivity index (χ4v) is 2.85. The van der Waals surface area contributed by atoms with Gasteiger partial charge in [-0.25, -0.2) is 0 Å². The molecule has 0 fully saturated rings. The number of hydrogen-bond donors (Lipinski definition) is 0. The Hall–Kier alpha value is -1.53. The molecule has 0 radical (unpaired) electrons. The summed E-state index contributed by atoms with van der Waals surface area (Å²) in [6.07, 6.45) is 1.61. The molecule has 0 aliphatic rings. The maximum absolute atomic E-state index is 11.9. The van der Waals surface area contributed by atoms with Crippen molar-refractivity contribution in [3.8, 4) is 5.69 Å². The molecule has 1 amide bonds. The average molecular weight is 311 g/mol. The van der Waals surface area contributed by atoms with Crippen molar-refractivity contribution in [3.63, 3.8) is 0 Å². The van der Waals surface area contributed by atoms with Crippen LogP contribution in [0.5, 0.6) is 0 Å². The van der Waals surface area contributed by atoms with Crippen molar-refractivity contribution < 1.29 is 4.79 Å². The number of rotatable bonds is 4. The van der Waals surface area contributed by atoms with Gasteiger partial charge in [0.2, 0.25) is 5.91 Å². The van der Waals surface area contributed by atoms with Crippen LogP contribution in [-0.2, 0) is 4.79 Å². The molecule has 1 heterocycles. The summed E-state index contributed by atoms with van der Waals surface area (Å²) in [5.74, 6) is 0.0376. The molecule has 2 aromatic rings. The highest BCUT2D eigenvalue weighted by atomic mass is 35.5. The Morgan fingerprint density at radius 2 is 2.20 bits per heavy atom. The van der Waals surface area contributed by atoms with E-state index in [1.807, 2.05) is 29.7 Å². The van der Waals surface area contributed by atoms with E-state index in [0.29, 0.717) is 10.2 Å². The first-order valence-electron chi connectivity index (χ1n) is 6.03. The van der Waals surface area contributed by atoms with Crippen LogP contribution in [0.15, 0.2) is 35.7 Å². The molecule has 1 atom stereocenters. The molecule has 2 rings (SSSR count). The molecular formula is C13H15ClN4OS. The van der Waals surface area contributed by atoms with E-state index in [9.17, 15) is 4.79 Å². The van der Waals surface area contributed by atoms with Crippen LogP contribution in [0.1, 0.15) is 6.92 Å². The first-order chi connectivity index (χ1) is 9.49. The van der Waals surface area contributed by atoms with Crippen molar-refractivity contribution in [1.82, 2.24) is 19.7 Å². The lowest BCUT2D eigenvalue weighted by molar-refractivity contribution is -0.127. The van der Waals surface area contributed by atoms with E-state index in [2.05, 4.69) is 10.2 Å². The Kier molecular flexibility index (Phi) is 4.67. The van der Waals surface area contributed by atoms with Gasteiger partial charge in [0.1, 0.15) is 6.33 Å². The molecule has 5 nitrogen and oxygen atoms in total. The van der Waals surface area contributed by atoms with E-state index >= 15 is 0 Å². The molecule has 7 heteroatoms. The average Bonchev–Trinajstić information content (AvgIpc) is 2.85. The molecule has 0 unspecified atom stereocenters. The lowest BCUT2D eigenvalue weighted by atomic mass is 10.3. The van der Waals surface area contributed by atoms with Crippen LogP contribution in [0.25, 0.3) is 5.69 Å². The number of amides is 1. The van der Waals surface area contributed by atoms with Crippen molar-refractivity contribution >= 4 is 29.3 Å². The van der Waals surface area contributed by atoms with Gasteiger partial charge in [-0.15, -0.1) is 10.2 Å². The first kappa shape index (κ1) is 14.9. The van der Waals surface area contributed by atoms with Crippen molar-refractivity contribution in [3.05, 3.63) is 35.6 Å². The molecule has 0 aliphatic heterocycles. The predicted molar refractivity (Wildman–Crippen MR) is 80.4 cm³/mol. The van der Waals surface area contributed by atoms with Gasteiger partial charge < -0.3 is 4.90 Å². The quantitative estimate of drug-likeness (QED) is 0.814. The van der Waals surface area contributed by atoms with Gasteiger partial charge in [-0.3, -0.25) is 9.36 Å². The topological polar surface area (TPSA) is 51.0 Å². The van der Waals surface area contributed by atoms with E-state index in [1.54, 1.807) is 31.4 Å². The van der Waals surface area contributed by atoms with Crippen LogP contribution in [0, 0.1) is 0 Å². The van der Waals surface area contributed by atoms with Crippen LogP contribution in [0.4, 0.5) is 0 Å². The molecule has 1 aromatic carbocycles. The van der Waals surface area contributed by atoms with Crippen molar-refractivity contribution in [2.75, 3.05) is 14.1 Å². The van der Waals surface area contributed by atoms with Gasteiger partial charge in [0.05, 0.1) is 10.9 Å². The van der Waals surface area contributed by atoms with Crippen LogP contribution in [-0.4, -0.2) is 44.9 Å². The zero-order chi connectivity index (χ0) is 14.7. The minimum Gasteiger partial charge on any atom is -0.348 e. The summed E-state index contributed by atoms with van der Waals surface area (Å²) in [7, 11) is 3.47. The highest BCUT2D eigenvalue weighted by Gasteiger charge is 2.19. The van der Waals surface area contributed by atoms with Gasteiger partial charge in [-0.1, -0.05) is 29.4 Å². The summed E-state index contributed by atoms with van der Waals surface area (Å²) in [6.45, 7) is 1.85. The SMILES string of the molecule is C[C@H](Sc1nncn1-c1cccc(Cl)c1)C(=O)N(C)C. The molecule has 0 aliphatic carbocycles. The molecular weight excluding hydrogens is 296 g/mol. The molecule has 1 aromatic heterocycles. The Morgan fingerprint density at radius 1 is 1.45 bits per heavy atom. The predicted octanol–water partition coefficient (Wildman–Crippen LogP) is 2.49. The highest BCUT2D eigenvalue weighted by molar-refractivity contribution is 8.00. The Balaban J connectivity index is 2.23. The monoisotopic (exact) mass is 310 g/mol. The van der Waals surface area contributed by atoms with Gasteiger partial charge in [-0.05, 0) is 25.1 Å². The number of nitrogens with zero attached hydrogens (tertiary/aromatic N) is 4. The maximum atomic E-state index is 11.9. The van der Waals surface area contributed by atoms with Crippen molar-refractivity contribution in [2.24, 2.45) is 0 Å². The van der Waals surface area contributed by atoms with Crippen LogP contribution < -0.4 is 0 Å². The number of benzene rings is 1. The highest BCUT2D eigenvalue weighted by Crippen LogP contribution is 2.25. The fourth-order valence-electron chi connectivity index (χ4n) is 1.68. The van der Waals surface area contributed by atoms with Crippen LogP contribution >= 0.6 is 23.4 Å². The van der Waals surface area contributed by atoms with Crippen molar-refractivity contribution in [1.29, 1.82) is 0 Å². The number of halogens is 1. The molecule has 0 bridgehead atoms. The summed E-state index contributed by atoms with van der Waals surface area (Å²) in [4.78, 5) is 13.5. The second-order valence-electron chi connectivity index (χ2n) is 4.46. The second-order valence-corrected chi connectivity index (χ2v) is 6.20. The third-order valence-corrected chi connectivity index (χ3v) is 3.95. The lowest BCUT2D eigenvalue weighted by Gasteiger charge is -2.16. The second kappa shape index (κ2) is 6.28. The van der Waals surface area contributed by atoms with Crippen LogP contribution in [0.3, 0.4) is 0 Å². The summed E-state index contributed by atoms with van der Waals surface area (Å²) in [6, 6.07) is 7.41. The number of carbonyl (C=O) groups is 1. The third-order valence-electron chi connectivity index (χ3n) is 2.67. The van der Waals surface area contributed by atoms with E-state index in [1.165, 1.54) is 11.8 Å². The van der Waals surface area contributed by atoms with Gasteiger partial charge in [0.25, 0.3) is 0 Å². The summed E-state index contributed by atoms with van der Waals surface area (Å²) >= 11 is 7.36. The van der Waals surface area contributed by atoms with E-state index in [4.69, 9.17) is 11.6 Å². The smallest absolute Gasteiger partial charge is 0.235 e. The third kappa shape index (κ3) is 3.32. The maximum Gasteiger partial charge on any atom is 0.235 e. The van der Waals surface area contributed by atoms with E-state index in [-0.39, 0.29) is 11.2 Å². The zero-order valence-electron chi connectivity index (χ0n) is 11.4. The Bertz CT molecular complexity index is 614. The standard InChI is InChI=1S/C13H15ClN4OS/c1-9(12(19)17(2)3)20-13-16-15-8-18(13)11-6-4-5-10(14)7-11/h4-9H,1-3H3/t9-/m0/s1. The molecule has 0 N–H and O–H groups in total. The van der Waals surface area contributed by atoms with Gasteiger partial charge in [0, 0.05) is 19.1 Å². The van der Waals surface area contributed by atoms with Gasteiger partial charge in [-0.2, -0.15) is 0 Å². The minimum atomic E-state index is -0.230. The number of carbonyl (C=O) groups excluding carboxylic acids is 1. The normalized spacial score (nSPS) is 12.2. The zero-order valence-corrected chi connectivity index (χ0v) is 13.0. The van der Waals surface area contributed by atoms with Gasteiger partial charge in [0.15, 0.2) is 5.16 Å². The van der Waals surface area contributed by atoms with Gasteiger partial charge >= 0.3 is 0 Å². The van der Waals surface area contributed by atoms with Crippen LogP contribution in [0.2, 0.25) is 5.02 Å². The molecule has 106 valence electrons. The van der Waals surface area contributed by atoms with Crippen molar-refractivity contribution in [2.45, 2.75) is 17.3 Å². The molecule has 0 spiro atoms. The summed E-state index contributed by atoms with van der Waals surface area (Å²) in [5, 5.41) is 9.05. The molecule has 0 saturated heterocycles. The largest absolute Gasteiger partial charge is 0.348 e. The number of hydrogen-bond acceptors (Lipinski definition) is 4. The van der Waals surface area contributed by atoms with E-state index in [0.717, 1.165) is 5.69 Å². The first-order valence-corrected chi connectivity index (χ1v) is 7.28. The Morgan fingerprint density at radius 3 is 2.85 bits per heavy atom. The molecule has 0 saturated carbocycles.